The Morgan fingerprint density at radius 3 is 2.84 bits per heavy atom. The fraction of sp³-hybridized carbons (Fsp3) is 0.818. The summed E-state index contributed by atoms with van der Waals surface area (Å²) < 4.78 is 4.80. The minimum atomic E-state index is -0.494. The standard InChI is InChI=1S/C11H19N3O5/c1-17-5-6-19-12-10(15)9-4-3-8-7-13(9)11(16)14(8)18-2/h8-9H,3-7H2,1-2H3,(H,12,15)/t8-,9+/m1/s1. The van der Waals surface area contributed by atoms with Crippen LogP contribution >= 0.6 is 0 Å². The van der Waals surface area contributed by atoms with E-state index >= 15 is 0 Å². The van der Waals surface area contributed by atoms with Crippen molar-refractivity contribution in [1.82, 2.24) is 15.4 Å². The van der Waals surface area contributed by atoms with E-state index in [4.69, 9.17) is 14.4 Å². The minimum absolute atomic E-state index is 0.0379. The van der Waals surface area contributed by atoms with Crippen LogP contribution < -0.4 is 5.48 Å². The molecule has 2 aliphatic rings. The predicted molar refractivity (Wildman–Crippen MR) is 63.7 cm³/mol. The Balaban J connectivity index is 1.88. The molecule has 19 heavy (non-hydrogen) atoms. The highest BCUT2D eigenvalue weighted by Gasteiger charge is 2.47. The van der Waals surface area contributed by atoms with Crippen molar-refractivity contribution in [1.29, 1.82) is 0 Å². The molecule has 8 heteroatoms. The molecule has 2 rings (SSSR count). The van der Waals surface area contributed by atoms with Crippen LogP contribution in [0.2, 0.25) is 0 Å². The zero-order valence-electron chi connectivity index (χ0n) is 11.1. The van der Waals surface area contributed by atoms with E-state index in [1.54, 1.807) is 7.11 Å². The first-order valence-electron chi connectivity index (χ1n) is 6.23. The van der Waals surface area contributed by atoms with Crippen LogP contribution in [0, 0.1) is 0 Å². The summed E-state index contributed by atoms with van der Waals surface area (Å²) in [6.45, 7) is 1.19. The van der Waals surface area contributed by atoms with Crippen molar-refractivity contribution in [3.8, 4) is 0 Å². The average molecular weight is 273 g/mol. The Bertz CT molecular complexity index is 351. The van der Waals surface area contributed by atoms with Crippen molar-refractivity contribution < 1.29 is 24.0 Å². The van der Waals surface area contributed by atoms with Crippen molar-refractivity contribution in [2.75, 3.05) is 34.0 Å². The summed E-state index contributed by atoms with van der Waals surface area (Å²) in [5.41, 5.74) is 2.35. The summed E-state index contributed by atoms with van der Waals surface area (Å²) in [4.78, 5) is 35.5. The van der Waals surface area contributed by atoms with E-state index in [1.807, 2.05) is 0 Å². The van der Waals surface area contributed by atoms with Gasteiger partial charge in [0.1, 0.15) is 6.04 Å². The molecule has 0 aromatic carbocycles. The van der Waals surface area contributed by atoms with Crippen molar-refractivity contribution in [3.05, 3.63) is 0 Å². The molecule has 0 radical (unpaired) electrons. The molecule has 0 unspecified atom stereocenters. The van der Waals surface area contributed by atoms with E-state index in [9.17, 15) is 9.59 Å². The van der Waals surface area contributed by atoms with E-state index in [-0.39, 0.29) is 24.6 Å². The van der Waals surface area contributed by atoms with Crippen LogP contribution in [0.5, 0.6) is 0 Å². The first kappa shape index (κ1) is 14.0. The number of amides is 3. The molecule has 2 fully saturated rings. The Hall–Kier alpha value is -1.38. The SMILES string of the molecule is COCCONC(=O)[C@@H]1CC[C@@H]2CN1C(=O)N2OC. The van der Waals surface area contributed by atoms with Gasteiger partial charge in [-0.25, -0.2) is 10.3 Å². The third-order valence-corrected chi connectivity index (χ3v) is 3.38. The molecule has 0 saturated carbocycles. The Morgan fingerprint density at radius 1 is 1.37 bits per heavy atom. The highest BCUT2D eigenvalue weighted by atomic mass is 16.7. The highest BCUT2D eigenvalue weighted by molar-refractivity contribution is 5.87. The summed E-state index contributed by atoms with van der Waals surface area (Å²) in [5.74, 6) is -0.305. The molecule has 0 aromatic rings. The van der Waals surface area contributed by atoms with Crippen LogP contribution in [0.1, 0.15) is 12.8 Å². The van der Waals surface area contributed by atoms with Gasteiger partial charge in [-0.1, -0.05) is 0 Å². The molecule has 3 amide bonds. The second kappa shape index (κ2) is 6.18. The number of urea groups is 1. The van der Waals surface area contributed by atoms with Gasteiger partial charge in [-0.15, -0.1) is 0 Å². The minimum Gasteiger partial charge on any atom is -0.382 e. The zero-order valence-corrected chi connectivity index (χ0v) is 11.1. The first-order valence-corrected chi connectivity index (χ1v) is 6.23. The molecule has 8 nitrogen and oxygen atoms in total. The van der Waals surface area contributed by atoms with Crippen LogP contribution in [0.4, 0.5) is 4.79 Å². The highest BCUT2D eigenvalue weighted by Crippen LogP contribution is 2.29. The Morgan fingerprint density at radius 2 is 2.16 bits per heavy atom. The Kier molecular flexibility index (Phi) is 4.56. The largest absolute Gasteiger partial charge is 0.382 e. The van der Waals surface area contributed by atoms with E-state index in [0.717, 1.165) is 6.42 Å². The lowest BCUT2D eigenvalue weighted by molar-refractivity contribution is -0.139. The topological polar surface area (TPSA) is 80.3 Å². The third kappa shape index (κ3) is 2.80. The maximum absolute atomic E-state index is 12.0. The van der Waals surface area contributed by atoms with Gasteiger partial charge in [-0.05, 0) is 12.8 Å². The van der Waals surface area contributed by atoms with Gasteiger partial charge in [0.2, 0.25) is 0 Å². The lowest BCUT2D eigenvalue weighted by Gasteiger charge is -2.28. The maximum atomic E-state index is 12.0. The number of ether oxygens (including phenoxy) is 1. The summed E-state index contributed by atoms with van der Waals surface area (Å²) in [6, 6.07) is -0.718. The van der Waals surface area contributed by atoms with Gasteiger partial charge in [0.05, 0.1) is 26.4 Å². The van der Waals surface area contributed by atoms with Crippen molar-refractivity contribution in [2.45, 2.75) is 24.9 Å². The molecule has 0 aliphatic carbocycles. The first-order chi connectivity index (χ1) is 9.19. The second-order valence-corrected chi connectivity index (χ2v) is 4.50. The average Bonchev–Trinajstić information content (AvgIpc) is 2.66. The predicted octanol–water partition coefficient (Wildman–Crippen LogP) is -0.489. The quantitative estimate of drug-likeness (QED) is 0.522. The smallest absolute Gasteiger partial charge is 0.345 e. The van der Waals surface area contributed by atoms with Gasteiger partial charge in [0, 0.05) is 13.7 Å². The van der Waals surface area contributed by atoms with Crippen molar-refractivity contribution >= 4 is 11.9 Å². The maximum Gasteiger partial charge on any atom is 0.345 e. The van der Waals surface area contributed by atoms with E-state index < -0.39 is 6.04 Å². The molecule has 108 valence electrons. The molecule has 2 atom stereocenters. The van der Waals surface area contributed by atoms with Gasteiger partial charge >= 0.3 is 6.03 Å². The van der Waals surface area contributed by atoms with Gasteiger partial charge in [-0.2, -0.15) is 5.06 Å². The Labute approximate surface area is 111 Å². The number of piperidine rings is 1. The van der Waals surface area contributed by atoms with Gasteiger partial charge in [0.15, 0.2) is 0 Å². The fourth-order valence-corrected chi connectivity index (χ4v) is 2.45. The van der Waals surface area contributed by atoms with E-state index in [2.05, 4.69) is 5.48 Å². The molecule has 0 aromatic heterocycles. The van der Waals surface area contributed by atoms with Crippen LogP contribution in [0.3, 0.4) is 0 Å². The number of hydroxylamine groups is 3. The lowest BCUT2D eigenvalue weighted by atomic mass is 10.0. The molecular formula is C11H19N3O5. The molecule has 1 N–H and O–H groups in total. The van der Waals surface area contributed by atoms with Crippen LogP contribution in [-0.4, -0.2) is 68.0 Å². The summed E-state index contributed by atoms with van der Waals surface area (Å²) in [6.07, 6.45) is 1.35. The number of fused-ring (bicyclic) bond motifs is 2. The number of nitrogens with zero attached hydrogens (tertiary/aromatic N) is 2. The summed E-state index contributed by atoms with van der Waals surface area (Å²) in [5, 5.41) is 1.33. The summed E-state index contributed by atoms with van der Waals surface area (Å²) >= 11 is 0. The number of methoxy groups -OCH3 is 1. The molecular weight excluding hydrogens is 254 g/mol. The molecule has 0 spiro atoms. The normalized spacial score (nSPS) is 25.9. The molecule has 2 aliphatic heterocycles. The molecule has 2 saturated heterocycles. The van der Waals surface area contributed by atoms with Gasteiger partial charge in [-0.3, -0.25) is 14.5 Å². The van der Waals surface area contributed by atoms with E-state index in [1.165, 1.54) is 17.1 Å². The third-order valence-electron chi connectivity index (χ3n) is 3.38. The van der Waals surface area contributed by atoms with Crippen molar-refractivity contribution in [3.63, 3.8) is 0 Å². The lowest BCUT2D eigenvalue weighted by Crippen LogP contribution is -2.49. The molecule has 2 heterocycles. The van der Waals surface area contributed by atoms with Gasteiger partial charge < -0.3 is 9.64 Å². The number of carbonyl (C=O) groups excluding carboxylic acids is 2. The summed E-state index contributed by atoms with van der Waals surface area (Å²) in [7, 11) is 3.01. The van der Waals surface area contributed by atoms with Crippen LogP contribution in [-0.2, 0) is 19.2 Å². The van der Waals surface area contributed by atoms with Crippen molar-refractivity contribution in [2.24, 2.45) is 0 Å². The number of hydrogen-bond acceptors (Lipinski definition) is 5. The van der Waals surface area contributed by atoms with Gasteiger partial charge in [0.25, 0.3) is 5.91 Å². The fourth-order valence-electron chi connectivity index (χ4n) is 2.45. The molecule has 2 bridgehead atoms. The van der Waals surface area contributed by atoms with Crippen LogP contribution in [0.15, 0.2) is 0 Å². The number of nitrogens with one attached hydrogen (secondary N) is 1. The number of carbonyl (C=O) groups is 2. The second-order valence-electron chi connectivity index (χ2n) is 4.50. The van der Waals surface area contributed by atoms with Crippen LogP contribution in [0.25, 0.3) is 0 Å². The zero-order chi connectivity index (χ0) is 13.8. The number of hydrogen-bond donors (Lipinski definition) is 1. The van der Waals surface area contributed by atoms with E-state index in [0.29, 0.717) is 19.6 Å². The monoisotopic (exact) mass is 273 g/mol. The number of rotatable bonds is 6.